The predicted octanol–water partition coefficient (Wildman–Crippen LogP) is 2.61. The smallest absolute Gasteiger partial charge is 0.257 e. The Labute approximate surface area is 185 Å². The molecule has 1 saturated carbocycles. The molecule has 0 bridgehead atoms. The normalized spacial score (nSPS) is 29.4. The number of methoxy groups -OCH3 is 1. The molecule has 0 unspecified atom stereocenters. The van der Waals surface area contributed by atoms with Crippen LogP contribution in [0.15, 0.2) is 24.3 Å². The van der Waals surface area contributed by atoms with Gasteiger partial charge in [-0.15, -0.1) is 0 Å². The summed E-state index contributed by atoms with van der Waals surface area (Å²) in [5, 5.41) is 0. The van der Waals surface area contributed by atoms with Gasteiger partial charge in [-0.25, -0.2) is 0 Å². The first-order valence-corrected chi connectivity index (χ1v) is 11.6. The van der Waals surface area contributed by atoms with Crippen LogP contribution < -0.4 is 4.74 Å². The zero-order valence-corrected chi connectivity index (χ0v) is 19.0. The van der Waals surface area contributed by atoms with E-state index in [1.807, 2.05) is 17.0 Å². The highest BCUT2D eigenvalue weighted by Gasteiger charge is 2.54. The molecule has 2 amide bonds. The molecule has 7 heteroatoms. The Hall–Kier alpha value is -2.12. The number of rotatable bonds is 4. The molecule has 7 nitrogen and oxygen atoms in total. The minimum Gasteiger partial charge on any atom is -0.497 e. The van der Waals surface area contributed by atoms with Crippen LogP contribution in [0.5, 0.6) is 5.75 Å². The molecule has 4 rings (SSSR count). The van der Waals surface area contributed by atoms with Crippen molar-refractivity contribution in [2.45, 2.75) is 51.3 Å². The van der Waals surface area contributed by atoms with Crippen LogP contribution >= 0.6 is 0 Å². The molecule has 1 aromatic carbocycles. The Morgan fingerprint density at radius 3 is 2.52 bits per heavy atom. The lowest BCUT2D eigenvalue weighted by Crippen LogP contribution is -2.59. The molecule has 0 aromatic heterocycles. The van der Waals surface area contributed by atoms with E-state index < -0.39 is 11.8 Å². The van der Waals surface area contributed by atoms with Gasteiger partial charge in [0.15, 0.2) is 0 Å². The van der Waals surface area contributed by atoms with E-state index in [2.05, 4.69) is 18.7 Å². The topological polar surface area (TPSA) is 62.3 Å². The first kappa shape index (κ1) is 22.1. The Balaban J connectivity index is 1.61. The van der Waals surface area contributed by atoms with Crippen molar-refractivity contribution in [2.24, 2.45) is 5.92 Å². The first-order chi connectivity index (χ1) is 15.0. The molecule has 2 heterocycles. The Bertz CT molecular complexity index is 798. The number of amides is 2. The van der Waals surface area contributed by atoms with Crippen LogP contribution in [0.25, 0.3) is 0 Å². The number of nitrogens with zero attached hydrogens (tertiary/aromatic N) is 3. The summed E-state index contributed by atoms with van der Waals surface area (Å²) in [7, 11) is 1.59. The van der Waals surface area contributed by atoms with Crippen LogP contribution in [0, 0.1) is 5.92 Å². The molecule has 170 valence electrons. The van der Waals surface area contributed by atoms with Crippen molar-refractivity contribution in [1.29, 1.82) is 0 Å². The van der Waals surface area contributed by atoms with E-state index in [4.69, 9.17) is 9.47 Å². The minimum absolute atomic E-state index is 0.0162. The van der Waals surface area contributed by atoms with Gasteiger partial charge in [-0.05, 0) is 56.3 Å². The molecular formula is C24H35N3O4. The minimum atomic E-state index is -0.682. The van der Waals surface area contributed by atoms with Crippen LogP contribution in [-0.2, 0) is 9.53 Å². The summed E-state index contributed by atoms with van der Waals surface area (Å²) in [4.78, 5) is 33.4. The summed E-state index contributed by atoms with van der Waals surface area (Å²) in [5.41, 5.74) is -0.144. The van der Waals surface area contributed by atoms with Crippen LogP contribution in [0.4, 0.5) is 0 Å². The summed E-state index contributed by atoms with van der Waals surface area (Å²) in [6.45, 7) is 8.82. The van der Waals surface area contributed by atoms with Gasteiger partial charge in [0.2, 0.25) is 5.91 Å². The van der Waals surface area contributed by atoms with Crippen molar-refractivity contribution >= 4 is 11.8 Å². The number of likely N-dealkylation sites (N-methyl/N-ethyl adjacent to an activating group) is 1. The number of carbonyl (C=O) groups excluding carboxylic acids is 2. The zero-order valence-electron chi connectivity index (χ0n) is 19.0. The van der Waals surface area contributed by atoms with Gasteiger partial charge < -0.3 is 19.3 Å². The third kappa shape index (κ3) is 4.30. The number of hydrogen-bond donors (Lipinski definition) is 0. The maximum atomic E-state index is 13.8. The van der Waals surface area contributed by atoms with E-state index in [-0.39, 0.29) is 18.4 Å². The largest absolute Gasteiger partial charge is 0.497 e. The van der Waals surface area contributed by atoms with E-state index in [1.54, 1.807) is 24.1 Å². The van der Waals surface area contributed by atoms with E-state index >= 15 is 0 Å². The molecule has 2 saturated heterocycles. The van der Waals surface area contributed by atoms with Gasteiger partial charge in [-0.2, -0.15) is 0 Å². The van der Waals surface area contributed by atoms with Gasteiger partial charge in [0.05, 0.1) is 13.7 Å². The summed E-state index contributed by atoms with van der Waals surface area (Å²) in [5.74, 6) is 1.12. The second-order valence-corrected chi connectivity index (χ2v) is 9.12. The zero-order chi connectivity index (χ0) is 22.0. The molecule has 1 spiro atoms. The van der Waals surface area contributed by atoms with Gasteiger partial charge in [0.25, 0.3) is 5.91 Å². The van der Waals surface area contributed by atoms with Gasteiger partial charge in [-0.3, -0.25) is 14.5 Å². The number of hydrogen-bond acceptors (Lipinski definition) is 5. The fourth-order valence-electron chi connectivity index (χ4n) is 5.16. The van der Waals surface area contributed by atoms with E-state index in [1.165, 1.54) is 0 Å². The van der Waals surface area contributed by atoms with Crippen LogP contribution in [0.3, 0.4) is 0 Å². The molecule has 1 atom stereocenters. The van der Waals surface area contributed by atoms with Crippen molar-refractivity contribution in [1.82, 2.24) is 14.7 Å². The summed E-state index contributed by atoms with van der Waals surface area (Å²) in [6, 6.07) is 6.62. The monoisotopic (exact) mass is 429 g/mol. The number of benzene rings is 1. The lowest BCUT2D eigenvalue weighted by atomic mass is 9.83. The number of carbonyl (C=O) groups is 2. The van der Waals surface area contributed by atoms with Crippen LogP contribution in [0.1, 0.15) is 49.9 Å². The van der Waals surface area contributed by atoms with E-state index in [0.29, 0.717) is 30.3 Å². The second-order valence-electron chi connectivity index (χ2n) is 9.12. The van der Waals surface area contributed by atoms with E-state index in [9.17, 15) is 9.59 Å². The summed E-state index contributed by atoms with van der Waals surface area (Å²) in [6.07, 6.45) is 3.55. The molecule has 3 fully saturated rings. The number of piperazine rings is 1. The standard InChI is InChI=1S/C24H35N3O4/c1-4-25-12-14-26(15-13-25)23(29)21-17-31-24(10-8-18(2)9-11-24)27(21)22(28)19-6-5-7-20(16-19)30-3/h5-7,16,18,21H,4,8-15,17H2,1-3H3/t18?,21-,24?/m0/s1. The summed E-state index contributed by atoms with van der Waals surface area (Å²) >= 11 is 0. The molecule has 0 N–H and O–H groups in total. The molecule has 1 aromatic rings. The van der Waals surface area contributed by atoms with Crippen molar-refractivity contribution in [3.8, 4) is 5.75 Å². The highest BCUT2D eigenvalue weighted by atomic mass is 16.5. The molecular weight excluding hydrogens is 394 g/mol. The lowest BCUT2D eigenvalue weighted by molar-refractivity contribution is -0.139. The summed E-state index contributed by atoms with van der Waals surface area (Å²) < 4.78 is 11.7. The molecule has 3 aliphatic rings. The van der Waals surface area contributed by atoms with Gasteiger partial charge in [0.1, 0.15) is 17.5 Å². The van der Waals surface area contributed by atoms with Crippen molar-refractivity contribution in [2.75, 3.05) is 46.4 Å². The van der Waals surface area contributed by atoms with Crippen molar-refractivity contribution < 1.29 is 19.1 Å². The van der Waals surface area contributed by atoms with Gasteiger partial charge in [-0.1, -0.05) is 19.9 Å². The quantitative estimate of drug-likeness (QED) is 0.736. The van der Waals surface area contributed by atoms with Crippen LogP contribution in [-0.4, -0.2) is 84.7 Å². The number of ether oxygens (including phenoxy) is 2. The molecule has 0 radical (unpaired) electrons. The SMILES string of the molecule is CCN1CCN(C(=O)[C@@H]2COC3(CCC(C)CC3)N2C(=O)c2cccc(OC)c2)CC1. The highest BCUT2D eigenvalue weighted by Crippen LogP contribution is 2.43. The molecule has 2 aliphatic heterocycles. The average molecular weight is 430 g/mol. The molecule has 1 aliphatic carbocycles. The third-order valence-electron chi connectivity index (χ3n) is 7.27. The average Bonchev–Trinajstić information content (AvgIpc) is 3.19. The maximum Gasteiger partial charge on any atom is 0.257 e. The van der Waals surface area contributed by atoms with Crippen molar-refractivity contribution in [3.05, 3.63) is 29.8 Å². The Kier molecular flexibility index (Phi) is 6.53. The highest BCUT2D eigenvalue weighted by molar-refractivity contribution is 5.98. The first-order valence-electron chi connectivity index (χ1n) is 11.6. The van der Waals surface area contributed by atoms with E-state index in [0.717, 1.165) is 45.3 Å². The van der Waals surface area contributed by atoms with Crippen LogP contribution in [0.2, 0.25) is 0 Å². The fourth-order valence-corrected chi connectivity index (χ4v) is 5.16. The fraction of sp³-hybridized carbons (Fsp3) is 0.667. The third-order valence-corrected chi connectivity index (χ3v) is 7.27. The molecule has 31 heavy (non-hydrogen) atoms. The second kappa shape index (κ2) is 9.17. The Morgan fingerprint density at radius 1 is 1.16 bits per heavy atom. The maximum absolute atomic E-state index is 13.8. The van der Waals surface area contributed by atoms with Gasteiger partial charge in [0, 0.05) is 31.7 Å². The predicted molar refractivity (Wildman–Crippen MR) is 118 cm³/mol. The Morgan fingerprint density at radius 2 is 1.87 bits per heavy atom. The van der Waals surface area contributed by atoms with Crippen molar-refractivity contribution in [3.63, 3.8) is 0 Å². The van der Waals surface area contributed by atoms with Gasteiger partial charge >= 0.3 is 0 Å². The lowest BCUT2D eigenvalue weighted by Gasteiger charge is -2.44.